The van der Waals surface area contributed by atoms with E-state index >= 15 is 0 Å². The smallest absolute Gasteiger partial charge is 0.157 e. The van der Waals surface area contributed by atoms with Gasteiger partial charge in [0.05, 0.1) is 31.3 Å². The molecule has 0 saturated carbocycles. The van der Waals surface area contributed by atoms with Crippen LogP contribution < -0.4 is 5.32 Å². The highest BCUT2D eigenvalue weighted by atomic mass is 16.3. The van der Waals surface area contributed by atoms with Gasteiger partial charge in [-0.15, -0.1) is 0 Å². The average Bonchev–Trinajstić information content (AvgIpc) is 3.44. The molecule has 0 aliphatic rings. The molecule has 2 N–H and O–H groups in total. The zero-order valence-corrected chi connectivity index (χ0v) is 16.9. The number of rotatable bonds is 7. The first kappa shape index (κ1) is 19.1. The minimum absolute atomic E-state index is 0.0184. The molecule has 9 nitrogen and oxygen atoms in total. The summed E-state index contributed by atoms with van der Waals surface area (Å²) in [4.78, 5) is 17.6. The maximum atomic E-state index is 9.14. The Bertz CT molecular complexity index is 1340. The lowest BCUT2D eigenvalue weighted by Crippen LogP contribution is -2.11. The highest BCUT2D eigenvalue weighted by Gasteiger charge is 2.13. The predicted octanol–water partition coefficient (Wildman–Crippen LogP) is 3.24. The molecule has 0 spiro atoms. The van der Waals surface area contributed by atoms with Gasteiger partial charge in [-0.1, -0.05) is 6.92 Å². The van der Waals surface area contributed by atoms with E-state index < -0.39 is 0 Å². The Balaban J connectivity index is 1.34. The minimum Gasteiger partial charge on any atom is -0.462 e. The molecule has 156 valence electrons. The summed E-state index contributed by atoms with van der Waals surface area (Å²) < 4.78 is 7.29. The van der Waals surface area contributed by atoms with Gasteiger partial charge in [-0.2, -0.15) is 5.10 Å². The molecule has 5 rings (SSSR count). The van der Waals surface area contributed by atoms with Crippen LogP contribution in [0.3, 0.4) is 0 Å². The summed E-state index contributed by atoms with van der Waals surface area (Å²) in [6.45, 7) is 3.25. The second-order valence-electron chi connectivity index (χ2n) is 7.33. The Morgan fingerprint density at radius 2 is 2.06 bits per heavy atom. The van der Waals surface area contributed by atoms with Crippen molar-refractivity contribution in [2.45, 2.75) is 19.4 Å². The molecule has 0 saturated heterocycles. The molecule has 0 bridgehead atoms. The molecular formula is C22H21N7O2. The Morgan fingerprint density at radius 1 is 1.13 bits per heavy atom. The highest BCUT2D eigenvalue weighted by molar-refractivity contribution is 5.80. The van der Waals surface area contributed by atoms with E-state index in [0.717, 1.165) is 44.8 Å². The van der Waals surface area contributed by atoms with E-state index in [9.17, 15) is 0 Å². The predicted molar refractivity (Wildman–Crippen MR) is 117 cm³/mol. The van der Waals surface area contributed by atoms with Gasteiger partial charge in [0.25, 0.3) is 0 Å². The van der Waals surface area contributed by atoms with E-state index in [1.807, 2.05) is 24.3 Å². The quantitative estimate of drug-likeness (QED) is 0.416. The van der Waals surface area contributed by atoms with Gasteiger partial charge in [-0.25, -0.2) is 19.6 Å². The fraction of sp³-hybridized carbons (Fsp3) is 0.227. The number of furan rings is 1. The molecule has 9 heteroatoms. The summed E-state index contributed by atoms with van der Waals surface area (Å²) in [5.74, 6) is 0.933. The molecule has 0 amide bonds. The van der Waals surface area contributed by atoms with Crippen LogP contribution in [0, 0.1) is 0 Å². The monoisotopic (exact) mass is 415 g/mol. The summed E-state index contributed by atoms with van der Waals surface area (Å²) in [5, 5.41) is 17.7. The topological polar surface area (TPSA) is 115 Å². The second kappa shape index (κ2) is 8.11. The van der Waals surface area contributed by atoms with E-state index in [1.54, 1.807) is 35.9 Å². The van der Waals surface area contributed by atoms with Crippen LogP contribution in [-0.2, 0) is 6.54 Å². The van der Waals surface area contributed by atoms with Gasteiger partial charge in [0.2, 0.25) is 0 Å². The van der Waals surface area contributed by atoms with Gasteiger partial charge in [0.15, 0.2) is 11.2 Å². The summed E-state index contributed by atoms with van der Waals surface area (Å²) in [6.07, 6.45) is 8.51. The third-order valence-electron chi connectivity index (χ3n) is 5.25. The van der Waals surface area contributed by atoms with Crippen LogP contribution in [0.2, 0.25) is 0 Å². The first-order valence-corrected chi connectivity index (χ1v) is 10.0. The van der Waals surface area contributed by atoms with Crippen molar-refractivity contribution in [1.29, 1.82) is 0 Å². The number of anilines is 1. The molecule has 31 heavy (non-hydrogen) atoms. The Kier molecular flexibility index (Phi) is 5.01. The van der Waals surface area contributed by atoms with E-state index in [0.29, 0.717) is 13.1 Å². The number of hydrogen-bond acceptors (Lipinski definition) is 8. The molecule has 5 aromatic heterocycles. The Hall–Kier alpha value is -3.85. The minimum atomic E-state index is 0.0184. The fourth-order valence-electron chi connectivity index (χ4n) is 3.63. The molecule has 0 aromatic carbocycles. The third-order valence-corrected chi connectivity index (χ3v) is 5.25. The van der Waals surface area contributed by atoms with Crippen LogP contribution in [0.1, 0.15) is 18.4 Å². The molecular weight excluding hydrogens is 394 g/mol. The molecule has 1 atom stereocenters. The van der Waals surface area contributed by atoms with Crippen LogP contribution in [-0.4, -0.2) is 48.0 Å². The molecule has 5 heterocycles. The lowest BCUT2D eigenvalue weighted by atomic mass is 10.0. The Labute approximate surface area is 177 Å². The van der Waals surface area contributed by atoms with Crippen molar-refractivity contribution in [2.24, 2.45) is 0 Å². The number of aliphatic hydroxyl groups is 1. The van der Waals surface area contributed by atoms with E-state index in [2.05, 4.69) is 37.3 Å². The first-order chi connectivity index (χ1) is 15.2. The number of pyridine rings is 2. The molecule has 5 aromatic rings. The summed E-state index contributed by atoms with van der Waals surface area (Å²) in [7, 11) is 0. The van der Waals surface area contributed by atoms with Crippen molar-refractivity contribution in [3.63, 3.8) is 0 Å². The van der Waals surface area contributed by atoms with Crippen molar-refractivity contribution >= 4 is 28.0 Å². The second-order valence-corrected chi connectivity index (χ2v) is 7.33. The van der Waals surface area contributed by atoms with Crippen molar-refractivity contribution < 1.29 is 9.52 Å². The first-order valence-electron chi connectivity index (χ1n) is 10.0. The van der Waals surface area contributed by atoms with Crippen LogP contribution in [0.4, 0.5) is 5.82 Å². The normalized spacial score (nSPS) is 12.5. The van der Waals surface area contributed by atoms with Crippen molar-refractivity contribution in [3.8, 4) is 11.3 Å². The SMILES string of the molecule is CC(CNc1cc(-c2cnc3c(cnn3CCO)c2)ncn1)c1ccnc2ccoc12. The van der Waals surface area contributed by atoms with Gasteiger partial charge in [-0.05, 0) is 12.1 Å². The maximum absolute atomic E-state index is 9.14. The number of fused-ring (bicyclic) bond motifs is 2. The maximum Gasteiger partial charge on any atom is 0.157 e. The zero-order valence-electron chi connectivity index (χ0n) is 16.9. The molecule has 0 radical (unpaired) electrons. The van der Waals surface area contributed by atoms with Crippen LogP contribution >= 0.6 is 0 Å². The van der Waals surface area contributed by atoms with Gasteiger partial charge >= 0.3 is 0 Å². The van der Waals surface area contributed by atoms with Crippen LogP contribution in [0.15, 0.2) is 59.9 Å². The third kappa shape index (κ3) is 3.71. The number of nitrogens with one attached hydrogen (secondary N) is 1. The number of nitrogens with zero attached hydrogens (tertiary/aromatic N) is 6. The van der Waals surface area contributed by atoms with Gasteiger partial charge in [0.1, 0.15) is 17.7 Å². The lowest BCUT2D eigenvalue weighted by molar-refractivity contribution is 0.271. The number of aliphatic hydroxyl groups excluding tert-OH is 1. The standard InChI is InChI=1S/C22H21N7O2/c1-14(17-2-4-23-18-3-7-31-21(17)18)10-24-20-9-19(26-13-27-20)15-8-16-12-28-29(5-6-30)22(16)25-11-15/h2-4,7-9,11-14,30H,5-6,10H2,1H3,(H,24,26,27). The summed E-state index contributed by atoms with van der Waals surface area (Å²) in [5.41, 5.74) is 5.17. The van der Waals surface area contributed by atoms with Gasteiger partial charge in [-0.3, -0.25) is 4.98 Å². The van der Waals surface area contributed by atoms with Crippen molar-refractivity contribution in [3.05, 3.63) is 61.0 Å². The number of aromatic nitrogens is 6. The molecule has 0 fully saturated rings. The lowest BCUT2D eigenvalue weighted by Gasteiger charge is -2.14. The van der Waals surface area contributed by atoms with E-state index in [1.165, 1.54) is 0 Å². The molecule has 0 aliphatic heterocycles. The molecule has 0 aliphatic carbocycles. The largest absolute Gasteiger partial charge is 0.462 e. The fourth-order valence-corrected chi connectivity index (χ4v) is 3.63. The molecule has 1 unspecified atom stereocenters. The highest BCUT2D eigenvalue weighted by Crippen LogP contribution is 2.26. The average molecular weight is 415 g/mol. The van der Waals surface area contributed by atoms with Crippen molar-refractivity contribution in [2.75, 3.05) is 18.5 Å². The zero-order chi connectivity index (χ0) is 21.2. The number of hydrogen-bond donors (Lipinski definition) is 2. The Morgan fingerprint density at radius 3 is 2.97 bits per heavy atom. The van der Waals surface area contributed by atoms with Gasteiger partial charge < -0.3 is 14.8 Å². The summed E-state index contributed by atoms with van der Waals surface area (Å²) >= 11 is 0. The van der Waals surface area contributed by atoms with Gasteiger partial charge in [0, 0.05) is 53.5 Å². The summed E-state index contributed by atoms with van der Waals surface area (Å²) in [6, 6.07) is 7.75. The van der Waals surface area contributed by atoms with E-state index in [4.69, 9.17) is 9.52 Å². The van der Waals surface area contributed by atoms with E-state index in [-0.39, 0.29) is 12.5 Å². The van der Waals surface area contributed by atoms with Crippen LogP contribution in [0.5, 0.6) is 0 Å². The van der Waals surface area contributed by atoms with Crippen LogP contribution in [0.25, 0.3) is 33.4 Å². The van der Waals surface area contributed by atoms with Crippen molar-refractivity contribution in [1.82, 2.24) is 29.7 Å².